The van der Waals surface area contributed by atoms with Gasteiger partial charge < -0.3 is 4.90 Å². The number of benzene rings is 8. The smallest absolute Gasteiger partial charge is 0.0725 e. The highest BCUT2D eigenvalue weighted by atomic mass is 15.1. The lowest BCUT2D eigenvalue weighted by Crippen LogP contribution is -2.25. The molecule has 1 spiro atoms. The number of fused-ring (bicyclic) bond motifs is 13. The molecule has 0 saturated carbocycles. The van der Waals surface area contributed by atoms with Crippen molar-refractivity contribution in [3.05, 3.63) is 220 Å². The molecule has 55 heavy (non-hydrogen) atoms. The van der Waals surface area contributed by atoms with E-state index in [9.17, 15) is 0 Å². The summed E-state index contributed by atoms with van der Waals surface area (Å²) in [6.07, 6.45) is 0. The van der Waals surface area contributed by atoms with Crippen LogP contribution in [0.1, 0.15) is 58.4 Å². The summed E-state index contributed by atoms with van der Waals surface area (Å²) in [5.74, 6) is 0. The summed E-state index contributed by atoms with van der Waals surface area (Å²) in [6.45, 7) is 9.11. The van der Waals surface area contributed by atoms with Crippen LogP contribution < -0.4 is 4.90 Å². The van der Waals surface area contributed by atoms with E-state index in [0.717, 1.165) is 11.4 Å². The van der Waals surface area contributed by atoms with Crippen molar-refractivity contribution in [2.45, 2.75) is 38.5 Å². The van der Waals surface area contributed by atoms with Gasteiger partial charge in [0, 0.05) is 22.5 Å². The fourth-order valence-corrected chi connectivity index (χ4v) is 10.3. The van der Waals surface area contributed by atoms with E-state index in [2.05, 4.69) is 209 Å². The standard InChI is InChI=1S/C54H41N/c1-34-21-24-38(25-22-34)55(39-26-27-45-41-13-5-9-17-47(41)53(3,4)52(45)33-39)40-30-35(2)29-37(31-40)36-23-28-51-46(32-36)44-16-8-12-20-50(44)54(51)48-18-10-6-14-42(48)43-15-7-11-19-49(43)54/h5-33H,1-4H3. The number of hydrogen-bond donors (Lipinski definition) is 0. The first-order chi connectivity index (χ1) is 26.8. The van der Waals surface area contributed by atoms with E-state index in [0.29, 0.717) is 0 Å². The second kappa shape index (κ2) is 11.5. The summed E-state index contributed by atoms with van der Waals surface area (Å²) in [5, 5.41) is 0. The van der Waals surface area contributed by atoms with E-state index in [1.807, 2.05) is 0 Å². The SMILES string of the molecule is Cc1ccc(N(c2cc(C)cc(-c3ccc4c(c3)-c3ccccc3C43c4ccccc4-c4ccccc43)c2)c2ccc3c(c2)C(C)(C)c2ccccc2-3)cc1. The predicted molar refractivity (Wildman–Crippen MR) is 230 cm³/mol. The van der Waals surface area contributed by atoms with Gasteiger partial charge in [-0.3, -0.25) is 0 Å². The highest BCUT2D eigenvalue weighted by Crippen LogP contribution is 2.63. The molecule has 1 heteroatoms. The fraction of sp³-hybridized carbons (Fsp3) is 0.111. The van der Waals surface area contributed by atoms with Gasteiger partial charge in [-0.1, -0.05) is 153 Å². The van der Waals surface area contributed by atoms with Gasteiger partial charge in [-0.25, -0.2) is 0 Å². The largest absolute Gasteiger partial charge is 0.310 e. The van der Waals surface area contributed by atoms with Gasteiger partial charge in [-0.15, -0.1) is 0 Å². The minimum absolute atomic E-state index is 0.0862. The molecule has 0 N–H and O–H groups in total. The van der Waals surface area contributed by atoms with Crippen molar-refractivity contribution in [3.63, 3.8) is 0 Å². The molecule has 0 fully saturated rings. The predicted octanol–water partition coefficient (Wildman–Crippen LogP) is 14.1. The van der Waals surface area contributed by atoms with Crippen LogP contribution in [0.15, 0.2) is 176 Å². The van der Waals surface area contributed by atoms with Crippen LogP contribution in [0.4, 0.5) is 17.1 Å². The molecule has 262 valence electrons. The summed E-state index contributed by atoms with van der Waals surface area (Å²) >= 11 is 0. The lowest BCUT2D eigenvalue weighted by molar-refractivity contribution is 0.660. The van der Waals surface area contributed by atoms with Crippen LogP contribution in [-0.2, 0) is 10.8 Å². The average Bonchev–Trinajstić information content (AvgIpc) is 3.77. The van der Waals surface area contributed by atoms with Crippen LogP contribution in [-0.4, -0.2) is 0 Å². The Kier molecular flexibility index (Phi) is 6.72. The zero-order valence-electron chi connectivity index (χ0n) is 31.7. The van der Waals surface area contributed by atoms with Crippen molar-refractivity contribution >= 4 is 17.1 Å². The third-order valence-electron chi connectivity index (χ3n) is 12.8. The van der Waals surface area contributed by atoms with Crippen molar-refractivity contribution in [1.82, 2.24) is 0 Å². The zero-order valence-corrected chi connectivity index (χ0v) is 31.7. The average molecular weight is 704 g/mol. The Morgan fingerprint density at radius 3 is 1.47 bits per heavy atom. The molecule has 8 aromatic rings. The second-order valence-corrected chi connectivity index (χ2v) is 16.3. The minimum atomic E-state index is -0.335. The van der Waals surface area contributed by atoms with Gasteiger partial charge in [-0.05, 0) is 140 Å². The minimum Gasteiger partial charge on any atom is -0.310 e. The number of anilines is 3. The van der Waals surface area contributed by atoms with Crippen LogP contribution in [0.3, 0.4) is 0 Å². The topological polar surface area (TPSA) is 3.24 Å². The Hall–Kier alpha value is -6.44. The molecule has 8 aromatic carbocycles. The molecule has 0 radical (unpaired) electrons. The molecule has 0 aromatic heterocycles. The van der Waals surface area contributed by atoms with E-state index in [1.165, 1.54) is 94.7 Å². The third-order valence-corrected chi connectivity index (χ3v) is 12.8. The lowest BCUT2D eigenvalue weighted by Gasteiger charge is -2.30. The van der Waals surface area contributed by atoms with Gasteiger partial charge in [0.2, 0.25) is 0 Å². The van der Waals surface area contributed by atoms with Gasteiger partial charge >= 0.3 is 0 Å². The Morgan fingerprint density at radius 1 is 0.327 bits per heavy atom. The normalized spacial score (nSPS) is 14.5. The van der Waals surface area contributed by atoms with E-state index >= 15 is 0 Å². The highest BCUT2D eigenvalue weighted by molar-refractivity contribution is 5.96. The van der Waals surface area contributed by atoms with Crippen LogP contribution in [0.2, 0.25) is 0 Å². The van der Waals surface area contributed by atoms with Crippen molar-refractivity contribution in [3.8, 4) is 44.5 Å². The van der Waals surface area contributed by atoms with Gasteiger partial charge in [0.25, 0.3) is 0 Å². The number of nitrogens with zero attached hydrogens (tertiary/aromatic N) is 1. The summed E-state index contributed by atoms with van der Waals surface area (Å²) in [4.78, 5) is 2.44. The maximum absolute atomic E-state index is 2.45. The van der Waals surface area contributed by atoms with Crippen LogP contribution in [0, 0.1) is 13.8 Å². The molecule has 3 aliphatic rings. The molecule has 0 atom stereocenters. The number of hydrogen-bond acceptors (Lipinski definition) is 1. The van der Waals surface area contributed by atoms with Gasteiger partial charge in [0.05, 0.1) is 5.41 Å². The summed E-state index contributed by atoms with van der Waals surface area (Å²) in [7, 11) is 0. The van der Waals surface area contributed by atoms with Crippen LogP contribution in [0.5, 0.6) is 0 Å². The molecule has 0 heterocycles. The van der Waals surface area contributed by atoms with Gasteiger partial charge in [0.15, 0.2) is 0 Å². The quantitative estimate of drug-likeness (QED) is 0.176. The second-order valence-electron chi connectivity index (χ2n) is 16.3. The first-order valence-corrected chi connectivity index (χ1v) is 19.5. The molecule has 1 nitrogen and oxygen atoms in total. The molecule has 11 rings (SSSR count). The lowest BCUT2D eigenvalue weighted by atomic mass is 9.70. The molecule has 0 bridgehead atoms. The van der Waals surface area contributed by atoms with E-state index in [-0.39, 0.29) is 10.8 Å². The van der Waals surface area contributed by atoms with Crippen molar-refractivity contribution < 1.29 is 0 Å². The summed E-state index contributed by atoms with van der Waals surface area (Å²) in [5.41, 5.74) is 24.2. The van der Waals surface area contributed by atoms with Crippen LogP contribution >= 0.6 is 0 Å². The molecule has 0 unspecified atom stereocenters. The van der Waals surface area contributed by atoms with Crippen molar-refractivity contribution in [2.24, 2.45) is 0 Å². The Morgan fingerprint density at radius 2 is 0.836 bits per heavy atom. The maximum Gasteiger partial charge on any atom is 0.0725 e. The first-order valence-electron chi connectivity index (χ1n) is 19.5. The summed E-state index contributed by atoms with van der Waals surface area (Å²) in [6, 6.07) is 66.4. The maximum atomic E-state index is 2.45. The molecule has 0 aliphatic heterocycles. The Bertz CT molecular complexity index is 2830. The van der Waals surface area contributed by atoms with Gasteiger partial charge in [-0.2, -0.15) is 0 Å². The molecule has 0 saturated heterocycles. The van der Waals surface area contributed by atoms with E-state index in [1.54, 1.807) is 0 Å². The van der Waals surface area contributed by atoms with E-state index in [4.69, 9.17) is 0 Å². The highest BCUT2D eigenvalue weighted by Gasteiger charge is 2.51. The summed E-state index contributed by atoms with van der Waals surface area (Å²) < 4.78 is 0. The fourth-order valence-electron chi connectivity index (χ4n) is 10.3. The number of aryl methyl sites for hydroxylation is 2. The Labute approximate surface area is 324 Å². The molecule has 0 amide bonds. The van der Waals surface area contributed by atoms with E-state index < -0.39 is 0 Å². The molecule has 3 aliphatic carbocycles. The van der Waals surface area contributed by atoms with Crippen molar-refractivity contribution in [2.75, 3.05) is 4.90 Å². The van der Waals surface area contributed by atoms with Crippen LogP contribution in [0.25, 0.3) is 44.5 Å². The molecular weight excluding hydrogens is 663 g/mol. The molecular formula is C54H41N. The Balaban J connectivity index is 1.08. The van der Waals surface area contributed by atoms with Gasteiger partial charge in [0.1, 0.15) is 0 Å². The third kappa shape index (κ3) is 4.41. The van der Waals surface area contributed by atoms with Crippen molar-refractivity contribution in [1.29, 1.82) is 0 Å². The zero-order chi connectivity index (χ0) is 37.1. The number of rotatable bonds is 4. The monoisotopic (exact) mass is 703 g/mol. The first kappa shape index (κ1) is 32.0.